The highest BCUT2D eigenvalue weighted by molar-refractivity contribution is 9.10. The van der Waals surface area contributed by atoms with Crippen LogP contribution in [0.1, 0.15) is 24.1 Å². The van der Waals surface area contributed by atoms with Crippen molar-refractivity contribution in [2.24, 2.45) is 11.8 Å². The fourth-order valence-electron chi connectivity index (χ4n) is 4.53. The second-order valence-electron chi connectivity index (χ2n) is 7.77. The lowest BCUT2D eigenvalue weighted by molar-refractivity contribution is -0.150. The largest absolute Gasteiger partial charge is 0.496 e. The maximum Gasteiger partial charge on any atom is 0.324 e. The fraction of sp³-hybridized carbons (Fsp3) is 0.318. The number of likely N-dealkylation sites (tertiary alicyclic amines) is 1. The number of hydrogen-bond acceptors (Lipinski definition) is 5. The maximum atomic E-state index is 13.4. The van der Waals surface area contributed by atoms with Gasteiger partial charge in [-0.25, -0.2) is 0 Å². The van der Waals surface area contributed by atoms with Crippen molar-refractivity contribution in [3.05, 3.63) is 64.1 Å². The number of aliphatic carboxylic acids is 1. The highest BCUT2D eigenvalue weighted by atomic mass is 79.9. The number of nitrogens with zero attached hydrogens (tertiary/aromatic N) is 1. The molecule has 2 aliphatic heterocycles. The second-order valence-corrected chi connectivity index (χ2v) is 8.68. The number of carboxylic acids is 1. The Morgan fingerprint density at radius 2 is 1.90 bits per heavy atom. The standard InChI is InChI=1S/C22H21BrN2O5/c1-22(21(28)29)17-16(18(24-22)14-10-13(23)8-9-15(14)30-2)19(26)25(20(17)27)11-12-6-4-3-5-7-12/h3-10,16-18,24H,11H2,1-2H3,(H,28,29). The summed E-state index contributed by atoms with van der Waals surface area (Å²) < 4.78 is 6.22. The van der Waals surface area contributed by atoms with E-state index in [1.54, 1.807) is 18.2 Å². The van der Waals surface area contributed by atoms with Gasteiger partial charge in [0.25, 0.3) is 0 Å². The molecule has 30 heavy (non-hydrogen) atoms. The van der Waals surface area contributed by atoms with Crippen LogP contribution >= 0.6 is 15.9 Å². The molecule has 2 heterocycles. The minimum atomic E-state index is -1.58. The molecule has 0 bridgehead atoms. The van der Waals surface area contributed by atoms with Crippen LogP contribution in [0.15, 0.2) is 53.0 Å². The van der Waals surface area contributed by atoms with Crippen LogP contribution in [0.3, 0.4) is 0 Å². The predicted molar refractivity (Wildman–Crippen MR) is 112 cm³/mol. The Morgan fingerprint density at radius 3 is 2.53 bits per heavy atom. The van der Waals surface area contributed by atoms with Crippen LogP contribution in [-0.2, 0) is 20.9 Å². The van der Waals surface area contributed by atoms with E-state index < -0.39 is 35.3 Å². The van der Waals surface area contributed by atoms with E-state index in [4.69, 9.17) is 4.74 Å². The van der Waals surface area contributed by atoms with Crippen molar-refractivity contribution < 1.29 is 24.2 Å². The Balaban J connectivity index is 1.79. The molecule has 2 N–H and O–H groups in total. The van der Waals surface area contributed by atoms with E-state index in [1.165, 1.54) is 18.9 Å². The number of halogens is 1. The van der Waals surface area contributed by atoms with Crippen LogP contribution in [0.2, 0.25) is 0 Å². The minimum absolute atomic E-state index is 0.115. The van der Waals surface area contributed by atoms with Gasteiger partial charge in [-0.05, 0) is 30.7 Å². The summed E-state index contributed by atoms with van der Waals surface area (Å²) in [6, 6.07) is 13.8. The minimum Gasteiger partial charge on any atom is -0.496 e. The van der Waals surface area contributed by atoms with Gasteiger partial charge < -0.3 is 9.84 Å². The lowest BCUT2D eigenvalue weighted by Crippen LogP contribution is -2.53. The third-order valence-electron chi connectivity index (χ3n) is 6.03. The molecule has 2 aromatic carbocycles. The van der Waals surface area contributed by atoms with Crippen molar-refractivity contribution in [2.75, 3.05) is 7.11 Å². The van der Waals surface area contributed by atoms with E-state index >= 15 is 0 Å². The van der Waals surface area contributed by atoms with E-state index in [-0.39, 0.29) is 12.5 Å². The van der Waals surface area contributed by atoms with E-state index in [1.807, 2.05) is 30.3 Å². The SMILES string of the molecule is COc1ccc(Br)cc1C1NC(C)(C(=O)O)C2C(=O)N(Cc3ccccc3)C(=O)C12. The summed E-state index contributed by atoms with van der Waals surface area (Å²) in [7, 11) is 1.51. The molecule has 8 heteroatoms. The number of nitrogens with one attached hydrogen (secondary N) is 1. The first kappa shape index (κ1) is 20.6. The van der Waals surface area contributed by atoms with Gasteiger partial charge in [0.1, 0.15) is 11.3 Å². The van der Waals surface area contributed by atoms with E-state index in [2.05, 4.69) is 21.2 Å². The lowest BCUT2D eigenvalue weighted by Gasteiger charge is -2.27. The summed E-state index contributed by atoms with van der Waals surface area (Å²) in [5.41, 5.74) is -0.142. The maximum absolute atomic E-state index is 13.4. The molecule has 2 fully saturated rings. The van der Waals surface area contributed by atoms with Crippen molar-refractivity contribution in [2.45, 2.75) is 25.0 Å². The number of imide groups is 1. The van der Waals surface area contributed by atoms with Crippen molar-refractivity contribution >= 4 is 33.7 Å². The zero-order valence-electron chi connectivity index (χ0n) is 16.5. The summed E-state index contributed by atoms with van der Waals surface area (Å²) in [6.45, 7) is 1.58. The third kappa shape index (κ3) is 3.11. The van der Waals surface area contributed by atoms with Crippen LogP contribution in [0.4, 0.5) is 0 Å². The molecule has 4 rings (SSSR count). The number of carbonyl (C=O) groups is 3. The van der Waals surface area contributed by atoms with Gasteiger partial charge in [0.15, 0.2) is 0 Å². The summed E-state index contributed by atoms with van der Waals surface area (Å²) in [5.74, 6) is -3.35. The number of ether oxygens (including phenoxy) is 1. The average molecular weight is 473 g/mol. The monoisotopic (exact) mass is 472 g/mol. The first-order valence-electron chi connectivity index (χ1n) is 9.51. The molecule has 2 aliphatic rings. The number of methoxy groups -OCH3 is 1. The van der Waals surface area contributed by atoms with Crippen molar-refractivity contribution in [1.29, 1.82) is 0 Å². The van der Waals surface area contributed by atoms with Gasteiger partial charge in [0.05, 0.1) is 25.5 Å². The zero-order valence-corrected chi connectivity index (χ0v) is 18.0. The first-order valence-corrected chi connectivity index (χ1v) is 10.3. The molecular weight excluding hydrogens is 452 g/mol. The lowest BCUT2D eigenvalue weighted by atomic mass is 9.80. The molecule has 0 aromatic heterocycles. The van der Waals surface area contributed by atoms with Gasteiger partial charge in [-0.15, -0.1) is 0 Å². The smallest absolute Gasteiger partial charge is 0.324 e. The molecule has 7 nitrogen and oxygen atoms in total. The number of amides is 2. The molecule has 156 valence electrons. The second kappa shape index (κ2) is 7.52. The molecule has 2 saturated heterocycles. The molecular formula is C22H21BrN2O5. The van der Waals surface area contributed by atoms with E-state index in [0.29, 0.717) is 11.3 Å². The Kier molecular flexibility index (Phi) is 5.15. The Hall–Kier alpha value is -2.71. The van der Waals surface area contributed by atoms with E-state index in [0.717, 1.165) is 10.0 Å². The van der Waals surface area contributed by atoms with Crippen molar-refractivity contribution in [3.63, 3.8) is 0 Å². The van der Waals surface area contributed by atoms with Crippen LogP contribution in [0.25, 0.3) is 0 Å². The molecule has 0 aliphatic carbocycles. The van der Waals surface area contributed by atoms with Crippen molar-refractivity contribution in [3.8, 4) is 5.75 Å². The van der Waals surface area contributed by atoms with Crippen LogP contribution < -0.4 is 10.1 Å². The van der Waals surface area contributed by atoms with Gasteiger partial charge in [-0.2, -0.15) is 0 Å². The first-order chi connectivity index (χ1) is 14.3. The Morgan fingerprint density at radius 1 is 1.20 bits per heavy atom. The van der Waals surface area contributed by atoms with Crippen LogP contribution in [0.5, 0.6) is 5.75 Å². The number of fused-ring (bicyclic) bond motifs is 1. The third-order valence-corrected chi connectivity index (χ3v) is 6.53. The topological polar surface area (TPSA) is 95.9 Å². The Labute approximate surface area is 182 Å². The predicted octanol–water partition coefficient (Wildman–Crippen LogP) is 2.75. The van der Waals surface area contributed by atoms with E-state index in [9.17, 15) is 19.5 Å². The number of benzene rings is 2. The van der Waals surface area contributed by atoms with Crippen molar-refractivity contribution in [1.82, 2.24) is 10.2 Å². The summed E-state index contributed by atoms with van der Waals surface area (Å²) in [5, 5.41) is 13.0. The molecule has 0 saturated carbocycles. The number of rotatable bonds is 5. The molecule has 2 aromatic rings. The van der Waals surface area contributed by atoms with Crippen LogP contribution in [0, 0.1) is 11.8 Å². The number of hydrogen-bond donors (Lipinski definition) is 2. The summed E-state index contributed by atoms with van der Waals surface area (Å²) in [6.07, 6.45) is 0. The van der Waals surface area contributed by atoms with Gasteiger partial charge >= 0.3 is 5.97 Å². The van der Waals surface area contributed by atoms with Gasteiger partial charge in [0, 0.05) is 16.1 Å². The number of carbonyl (C=O) groups excluding carboxylic acids is 2. The van der Waals surface area contributed by atoms with Gasteiger partial charge in [-0.1, -0.05) is 46.3 Å². The van der Waals surface area contributed by atoms with Gasteiger partial charge in [0.2, 0.25) is 11.8 Å². The normalized spacial score (nSPS) is 28.0. The highest BCUT2D eigenvalue weighted by Crippen LogP contribution is 2.50. The molecule has 0 radical (unpaired) electrons. The molecule has 4 atom stereocenters. The Bertz CT molecular complexity index is 1030. The molecule has 2 amide bonds. The highest BCUT2D eigenvalue weighted by Gasteiger charge is 2.66. The zero-order chi connectivity index (χ0) is 21.6. The van der Waals surface area contributed by atoms with Gasteiger partial charge in [-0.3, -0.25) is 24.6 Å². The molecule has 4 unspecified atom stereocenters. The summed E-state index contributed by atoms with van der Waals surface area (Å²) in [4.78, 5) is 40.1. The molecule has 0 spiro atoms. The van der Waals surface area contributed by atoms with Crippen LogP contribution in [-0.4, -0.2) is 40.4 Å². The fourth-order valence-corrected chi connectivity index (χ4v) is 4.91. The average Bonchev–Trinajstić information content (AvgIpc) is 3.18. The quantitative estimate of drug-likeness (QED) is 0.649. The summed E-state index contributed by atoms with van der Waals surface area (Å²) >= 11 is 3.42. The number of carboxylic acid groups (broad SMARTS) is 1.